The predicted molar refractivity (Wildman–Crippen MR) is 97.5 cm³/mol. The molecule has 128 valence electrons. The molecule has 0 aliphatic carbocycles. The molecule has 1 fully saturated rings. The number of hydrogen-bond acceptors (Lipinski definition) is 4. The number of piperazine rings is 1. The Hall–Kier alpha value is -2.89. The number of benzene rings is 1. The Balaban J connectivity index is 1.43. The van der Waals surface area contributed by atoms with Gasteiger partial charge in [-0.15, -0.1) is 0 Å². The lowest BCUT2D eigenvalue weighted by molar-refractivity contribution is -0.132. The van der Waals surface area contributed by atoms with E-state index >= 15 is 0 Å². The minimum atomic E-state index is 0.145. The zero-order valence-electron chi connectivity index (χ0n) is 14.3. The molecule has 2 aromatic heterocycles. The summed E-state index contributed by atoms with van der Waals surface area (Å²) >= 11 is 0. The number of anilines is 1. The molecule has 0 spiro atoms. The highest BCUT2D eigenvalue weighted by Gasteiger charge is 2.22. The first-order chi connectivity index (χ1) is 12.2. The summed E-state index contributed by atoms with van der Waals surface area (Å²) in [5.41, 5.74) is 1.95. The molecule has 3 aromatic rings. The normalized spacial score (nSPS) is 14.9. The summed E-state index contributed by atoms with van der Waals surface area (Å²) in [6, 6.07) is 13.9. The fourth-order valence-corrected chi connectivity index (χ4v) is 3.36. The molecule has 4 rings (SSSR count). The van der Waals surface area contributed by atoms with Gasteiger partial charge in [0.25, 0.3) is 0 Å². The molecular formula is C19H21N5O. The van der Waals surface area contributed by atoms with E-state index < -0.39 is 0 Å². The molecule has 0 N–H and O–H groups in total. The molecule has 6 nitrogen and oxygen atoms in total. The third-order valence-electron chi connectivity index (χ3n) is 4.74. The van der Waals surface area contributed by atoms with E-state index in [9.17, 15) is 4.79 Å². The maximum atomic E-state index is 12.7. The number of imidazole rings is 1. The van der Waals surface area contributed by atoms with Crippen LogP contribution >= 0.6 is 0 Å². The van der Waals surface area contributed by atoms with Crippen LogP contribution < -0.4 is 4.90 Å². The maximum Gasteiger partial charge on any atom is 0.242 e. The molecule has 0 bridgehead atoms. The average Bonchev–Trinajstić information content (AvgIpc) is 2.98. The van der Waals surface area contributed by atoms with Crippen LogP contribution in [0.1, 0.15) is 5.82 Å². The lowest BCUT2D eigenvalue weighted by Crippen LogP contribution is -2.49. The fourth-order valence-electron chi connectivity index (χ4n) is 3.36. The van der Waals surface area contributed by atoms with E-state index in [0.717, 1.165) is 48.9 Å². The number of fused-ring (bicyclic) bond motifs is 1. The standard InChI is InChI=1S/C19H21N5O/c1-15-21-16-6-2-3-7-17(16)24(15)14-19(25)23-12-10-22(11-13-23)18-8-4-5-9-20-18/h2-9H,10-14H2,1H3. The summed E-state index contributed by atoms with van der Waals surface area (Å²) in [7, 11) is 0. The summed E-state index contributed by atoms with van der Waals surface area (Å²) < 4.78 is 2.00. The quantitative estimate of drug-likeness (QED) is 0.735. The number of carbonyl (C=O) groups excluding carboxylic acids is 1. The van der Waals surface area contributed by atoms with Crippen LogP contribution in [0.4, 0.5) is 5.82 Å². The largest absolute Gasteiger partial charge is 0.353 e. The molecule has 6 heteroatoms. The number of para-hydroxylation sites is 2. The molecule has 1 aliphatic heterocycles. The molecule has 1 saturated heterocycles. The Bertz CT molecular complexity index is 881. The minimum absolute atomic E-state index is 0.145. The van der Waals surface area contributed by atoms with Crippen molar-refractivity contribution in [3.63, 3.8) is 0 Å². The molecular weight excluding hydrogens is 314 g/mol. The Morgan fingerprint density at radius 1 is 1.04 bits per heavy atom. The van der Waals surface area contributed by atoms with E-state index in [0.29, 0.717) is 6.54 Å². The fraction of sp³-hybridized carbons (Fsp3) is 0.316. The molecule has 0 unspecified atom stereocenters. The third kappa shape index (κ3) is 3.07. The number of aromatic nitrogens is 3. The first kappa shape index (κ1) is 15.6. The van der Waals surface area contributed by atoms with E-state index in [1.165, 1.54) is 0 Å². The van der Waals surface area contributed by atoms with Crippen molar-refractivity contribution < 1.29 is 4.79 Å². The number of nitrogens with zero attached hydrogens (tertiary/aromatic N) is 5. The summed E-state index contributed by atoms with van der Waals surface area (Å²) in [6.45, 7) is 5.36. The van der Waals surface area contributed by atoms with Crippen LogP contribution in [0, 0.1) is 6.92 Å². The second kappa shape index (κ2) is 6.55. The van der Waals surface area contributed by atoms with Crippen molar-refractivity contribution in [3.8, 4) is 0 Å². The zero-order chi connectivity index (χ0) is 17.2. The summed E-state index contributed by atoms with van der Waals surface area (Å²) in [6.07, 6.45) is 1.81. The number of carbonyl (C=O) groups is 1. The van der Waals surface area contributed by atoms with Crippen LogP contribution in [0.15, 0.2) is 48.7 Å². The van der Waals surface area contributed by atoms with Gasteiger partial charge in [-0.1, -0.05) is 18.2 Å². The van der Waals surface area contributed by atoms with Gasteiger partial charge in [-0.05, 0) is 31.2 Å². The van der Waals surface area contributed by atoms with Crippen LogP contribution in [-0.4, -0.2) is 51.5 Å². The number of hydrogen-bond donors (Lipinski definition) is 0. The second-order valence-corrected chi connectivity index (χ2v) is 6.29. The Morgan fingerprint density at radius 3 is 2.56 bits per heavy atom. The van der Waals surface area contributed by atoms with Gasteiger partial charge < -0.3 is 14.4 Å². The number of amides is 1. The number of rotatable bonds is 3. The van der Waals surface area contributed by atoms with Crippen LogP contribution in [0.25, 0.3) is 11.0 Å². The van der Waals surface area contributed by atoms with Gasteiger partial charge in [-0.25, -0.2) is 9.97 Å². The maximum absolute atomic E-state index is 12.7. The van der Waals surface area contributed by atoms with Crippen molar-refractivity contribution in [2.45, 2.75) is 13.5 Å². The first-order valence-electron chi connectivity index (χ1n) is 8.58. The first-order valence-corrected chi connectivity index (χ1v) is 8.58. The zero-order valence-corrected chi connectivity index (χ0v) is 14.3. The minimum Gasteiger partial charge on any atom is -0.353 e. The van der Waals surface area contributed by atoms with Gasteiger partial charge in [0, 0.05) is 32.4 Å². The van der Waals surface area contributed by atoms with Crippen molar-refractivity contribution in [3.05, 3.63) is 54.5 Å². The van der Waals surface area contributed by atoms with Crippen LogP contribution in [0.2, 0.25) is 0 Å². The van der Waals surface area contributed by atoms with Gasteiger partial charge >= 0.3 is 0 Å². The highest BCUT2D eigenvalue weighted by Crippen LogP contribution is 2.17. The highest BCUT2D eigenvalue weighted by atomic mass is 16.2. The van der Waals surface area contributed by atoms with E-state index in [4.69, 9.17) is 0 Å². The smallest absolute Gasteiger partial charge is 0.242 e. The summed E-state index contributed by atoms with van der Waals surface area (Å²) in [4.78, 5) is 25.8. The van der Waals surface area contributed by atoms with Gasteiger partial charge in [0.1, 0.15) is 18.2 Å². The van der Waals surface area contributed by atoms with Crippen molar-refractivity contribution >= 4 is 22.8 Å². The average molecular weight is 335 g/mol. The van der Waals surface area contributed by atoms with Gasteiger partial charge in [0.05, 0.1) is 11.0 Å². The number of pyridine rings is 1. The molecule has 0 radical (unpaired) electrons. The Labute approximate surface area is 146 Å². The molecule has 1 aliphatic rings. The lowest BCUT2D eigenvalue weighted by Gasteiger charge is -2.35. The van der Waals surface area contributed by atoms with Crippen molar-refractivity contribution in [2.24, 2.45) is 0 Å². The Morgan fingerprint density at radius 2 is 1.80 bits per heavy atom. The molecule has 0 atom stereocenters. The van der Waals surface area contributed by atoms with Gasteiger partial charge in [-0.3, -0.25) is 4.79 Å². The summed E-state index contributed by atoms with van der Waals surface area (Å²) in [5.74, 6) is 2.00. The predicted octanol–water partition coefficient (Wildman–Crippen LogP) is 2.09. The summed E-state index contributed by atoms with van der Waals surface area (Å²) in [5, 5.41) is 0. The molecule has 25 heavy (non-hydrogen) atoms. The van der Waals surface area contributed by atoms with Gasteiger partial charge in [0.15, 0.2) is 0 Å². The van der Waals surface area contributed by atoms with E-state index in [-0.39, 0.29) is 5.91 Å². The highest BCUT2D eigenvalue weighted by molar-refractivity contribution is 5.81. The van der Waals surface area contributed by atoms with Crippen LogP contribution in [0.3, 0.4) is 0 Å². The van der Waals surface area contributed by atoms with Gasteiger partial charge in [-0.2, -0.15) is 0 Å². The Kier molecular flexibility index (Phi) is 4.09. The van der Waals surface area contributed by atoms with E-state index in [1.807, 2.05) is 58.9 Å². The van der Waals surface area contributed by atoms with Crippen molar-refractivity contribution in [1.29, 1.82) is 0 Å². The van der Waals surface area contributed by atoms with Crippen LogP contribution in [-0.2, 0) is 11.3 Å². The molecule has 3 heterocycles. The lowest BCUT2D eigenvalue weighted by atomic mass is 10.3. The molecule has 1 amide bonds. The van der Waals surface area contributed by atoms with Gasteiger partial charge in [0.2, 0.25) is 5.91 Å². The number of aryl methyl sites for hydroxylation is 1. The van der Waals surface area contributed by atoms with Crippen molar-refractivity contribution in [1.82, 2.24) is 19.4 Å². The molecule has 1 aromatic carbocycles. The van der Waals surface area contributed by atoms with Crippen molar-refractivity contribution in [2.75, 3.05) is 31.1 Å². The third-order valence-corrected chi connectivity index (χ3v) is 4.74. The van der Waals surface area contributed by atoms with E-state index in [1.54, 1.807) is 6.20 Å². The second-order valence-electron chi connectivity index (χ2n) is 6.29. The SMILES string of the molecule is Cc1nc2ccccc2n1CC(=O)N1CCN(c2ccccn2)CC1. The topological polar surface area (TPSA) is 54.3 Å². The van der Waals surface area contributed by atoms with Crippen LogP contribution in [0.5, 0.6) is 0 Å². The van der Waals surface area contributed by atoms with E-state index in [2.05, 4.69) is 14.9 Å². The molecule has 0 saturated carbocycles. The monoisotopic (exact) mass is 335 g/mol.